The van der Waals surface area contributed by atoms with E-state index >= 15 is 0 Å². The van der Waals surface area contributed by atoms with E-state index in [1.807, 2.05) is 11.4 Å². The van der Waals surface area contributed by atoms with Crippen molar-refractivity contribution in [2.24, 2.45) is 0 Å². The lowest BCUT2D eigenvalue weighted by Gasteiger charge is -2.08. The normalized spacial score (nSPS) is 11.7. The van der Waals surface area contributed by atoms with Gasteiger partial charge in [-0.25, -0.2) is 8.42 Å². The van der Waals surface area contributed by atoms with E-state index in [1.54, 1.807) is 6.07 Å². The SMILES string of the molecule is Nc1cccc(Cl)c1S(=O)(=O)Cc1sccc1Br. The quantitative estimate of drug-likeness (QED) is 0.842. The molecule has 18 heavy (non-hydrogen) atoms. The Hall–Kier alpha value is -0.560. The number of nitrogen functional groups attached to an aromatic ring is 1. The Balaban J connectivity index is 2.47. The van der Waals surface area contributed by atoms with Gasteiger partial charge in [-0.05, 0) is 39.5 Å². The number of thiophene rings is 1. The molecule has 0 spiro atoms. The maximum absolute atomic E-state index is 12.3. The highest BCUT2D eigenvalue weighted by atomic mass is 79.9. The van der Waals surface area contributed by atoms with Gasteiger partial charge in [0.15, 0.2) is 9.84 Å². The van der Waals surface area contributed by atoms with Crippen LogP contribution in [0.5, 0.6) is 0 Å². The van der Waals surface area contributed by atoms with Gasteiger partial charge >= 0.3 is 0 Å². The van der Waals surface area contributed by atoms with Crippen molar-refractivity contribution < 1.29 is 8.42 Å². The largest absolute Gasteiger partial charge is 0.398 e. The zero-order valence-corrected chi connectivity index (χ0v) is 13.0. The molecule has 1 aromatic heterocycles. The number of hydrogen-bond acceptors (Lipinski definition) is 4. The molecule has 0 unspecified atom stereocenters. The fraction of sp³-hybridized carbons (Fsp3) is 0.0909. The van der Waals surface area contributed by atoms with Gasteiger partial charge in [0.2, 0.25) is 0 Å². The summed E-state index contributed by atoms with van der Waals surface area (Å²) in [5.74, 6) is -0.112. The van der Waals surface area contributed by atoms with E-state index in [2.05, 4.69) is 15.9 Å². The Morgan fingerprint density at radius 3 is 2.61 bits per heavy atom. The molecule has 2 N–H and O–H groups in total. The molecule has 0 aliphatic carbocycles. The number of anilines is 1. The van der Waals surface area contributed by atoms with Crippen LogP contribution in [0.2, 0.25) is 5.02 Å². The highest BCUT2D eigenvalue weighted by molar-refractivity contribution is 9.10. The minimum absolute atomic E-state index is 0.00645. The monoisotopic (exact) mass is 365 g/mol. The number of benzene rings is 1. The van der Waals surface area contributed by atoms with Crippen LogP contribution < -0.4 is 5.73 Å². The minimum atomic E-state index is -3.54. The minimum Gasteiger partial charge on any atom is -0.398 e. The van der Waals surface area contributed by atoms with Gasteiger partial charge in [-0.2, -0.15) is 0 Å². The Bertz CT molecular complexity index is 662. The van der Waals surface area contributed by atoms with Crippen LogP contribution in [0, 0.1) is 0 Å². The van der Waals surface area contributed by atoms with E-state index < -0.39 is 9.84 Å². The molecule has 96 valence electrons. The second-order valence-electron chi connectivity index (χ2n) is 3.61. The number of sulfone groups is 1. The van der Waals surface area contributed by atoms with Crippen LogP contribution in [0.25, 0.3) is 0 Å². The summed E-state index contributed by atoms with van der Waals surface area (Å²) < 4.78 is 25.4. The van der Waals surface area contributed by atoms with Crippen LogP contribution in [0.3, 0.4) is 0 Å². The maximum atomic E-state index is 12.3. The second kappa shape index (κ2) is 5.21. The topological polar surface area (TPSA) is 60.2 Å². The standard InChI is InChI=1S/C11H9BrClNO2S2/c12-7-4-5-17-10(7)6-18(15,16)11-8(13)2-1-3-9(11)14/h1-5H,6,14H2. The molecule has 2 rings (SSSR count). The lowest BCUT2D eigenvalue weighted by molar-refractivity contribution is 0.596. The second-order valence-corrected chi connectivity index (χ2v) is 7.80. The van der Waals surface area contributed by atoms with E-state index in [0.717, 1.165) is 9.35 Å². The molecular weight excluding hydrogens is 358 g/mol. The molecule has 1 aromatic carbocycles. The highest BCUT2D eigenvalue weighted by Gasteiger charge is 2.23. The van der Waals surface area contributed by atoms with Crippen molar-refractivity contribution in [3.63, 3.8) is 0 Å². The Morgan fingerprint density at radius 2 is 2.06 bits per heavy atom. The summed E-state index contributed by atoms with van der Waals surface area (Å²) in [6.07, 6.45) is 0. The fourth-order valence-corrected chi connectivity index (χ4v) is 5.70. The fourth-order valence-electron chi connectivity index (χ4n) is 1.53. The zero-order chi connectivity index (χ0) is 13.3. The van der Waals surface area contributed by atoms with Crippen molar-refractivity contribution in [2.75, 3.05) is 5.73 Å². The Morgan fingerprint density at radius 1 is 1.33 bits per heavy atom. The molecule has 0 saturated heterocycles. The van der Waals surface area contributed by atoms with Crippen LogP contribution in [-0.4, -0.2) is 8.42 Å². The smallest absolute Gasteiger partial charge is 0.186 e. The molecule has 0 saturated carbocycles. The van der Waals surface area contributed by atoms with Gasteiger partial charge in [-0.1, -0.05) is 17.7 Å². The Labute approximate surface area is 123 Å². The van der Waals surface area contributed by atoms with Gasteiger partial charge in [0.1, 0.15) is 4.90 Å². The van der Waals surface area contributed by atoms with Gasteiger partial charge in [0, 0.05) is 9.35 Å². The van der Waals surface area contributed by atoms with Crippen molar-refractivity contribution in [1.29, 1.82) is 0 Å². The molecule has 0 aliphatic rings. The highest BCUT2D eigenvalue weighted by Crippen LogP contribution is 2.32. The van der Waals surface area contributed by atoms with Gasteiger partial charge < -0.3 is 5.73 Å². The van der Waals surface area contributed by atoms with Crippen molar-refractivity contribution in [3.8, 4) is 0 Å². The first-order valence-corrected chi connectivity index (χ1v) is 8.61. The molecule has 3 nitrogen and oxygen atoms in total. The van der Waals surface area contributed by atoms with Crippen molar-refractivity contribution >= 4 is 54.4 Å². The average molecular weight is 367 g/mol. The summed E-state index contributed by atoms with van der Waals surface area (Å²) in [6.45, 7) is 0. The van der Waals surface area contributed by atoms with Gasteiger partial charge in [-0.15, -0.1) is 11.3 Å². The summed E-state index contributed by atoms with van der Waals surface area (Å²) in [4.78, 5) is 0.737. The third kappa shape index (κ3) is 2.71. The van der Waals surface area contributed by atoms with Crippen molar-refractivity contribution in [1.82, 2.24) is 0 Å². The van der Waals surface area contributed by atoms with E-state index in [9.17, 15) is 8.42 Å². The molecule has 1 heterocycles. The number of hydrogen-bond donors (Lipinski definition) is 1. The van der Waals surface area contributed by atoms with Crippen LogP contribution >= 0.6 is 38.9 Å². The van der Waals surface area contributed by atoms with Gasteiger partial charge in [0.05, 0.1) is 16.5 Å². The lowest BCUT2D eigenvalue weighted by atomic mass is 10.3. The van der Waals surface area contributed by atoms with Crippen LogP contribution in [0.1, 0.15) is 4.88 Å². The summed E-state index contributed by atoms with van der Waals surface area (Å²) >= 11 is 10.6. The van der Waals surface area contributed by atoms with E-state index in [0.29, 0.717) is 0 Å². The molecule has 0 amide bonds. The molecule has 0 fully saturated rings. The summed E-state index contributed by atoms with van der Waals surface area (Å²) in [7, 11) is -3.54. The average Bonchev–Trinajstić information content (AvgIpc) is 2.63. The summed E-state index contributed by atoms with van der Waals surface area (Å²) in [6, 6.07) is 6.49. The number of nitrogens with two attached hydrogens (primary N) is 1. The van der Waals surface area contributed by atoms with Crippen molar-refractivity contribution in [2.45, 2.75) is 10.6 Å². The molecule has 7 heteroatoms. The molecule has 2 aromatic rings. The van der Waals surface area contributed by atoms with Crippen molar-refractivity contribution in [3.05, 3.63) is 44.0 Å². The van der Waals surface area contributed by atoms with Crippen LogP contribution in [0.15, 0.2) is 39.0 Å². The molecule has 0 bridgehead atoms. The van der Waals surface area contributed by atoms with Crippen LogP contribution in [-0.2, 0) is 15.6 Å². The van der Waals surface area contributed by atoms with E-state index in [1.165, 1.54) is 23.5 Å². The van der Waals surface area contributed by atoms with Gasteiger partial charge in [-0.3, -0.25) is 0 Å². The predicted octanol–water partition coefficient (Wildman–Crippen LogP) is 3.72. The third-order valence-corrected chi connectivity index (χ3v) is 6.60. The van der Waals surface area contributed by atoms with Crippen LogP contribution in [0.4, 0.5) is 5.69 Å². The first-order chi connectivity index (χ1) is 8.42. The lowest BCUT2D eigenvalue weighted by Crippen LogP contribution is -2.08. The maximum Gasteiger partial charge on any atom is 0.186 e. The summed E-state index contributed by atoms with van der Waals surface area (Å²) in [5.41, 5.74) is 5.88. The molecular formula is C11H9BrClNO2S2. The Kier molecular flexibility index (Phi) is 4.01. The van der Waals surface area contributed by atoms with E-state index in [-0.39, 0.29) is 21.4 Å². The molecule has 0 atom stereocenters. The van der Waals surface area contributed by atoms with E-state index in [4.69, 9.17) is 17.3 Å². The molecule has 0 radical (unpaired) electrons. The first kappa shape index (κ1) is 13.9. The first-order valence-electron chi connectivity index (χ1n) is 4.90. The number of rotatable bonds is 3. The molecule has 0 aliphatic heterocycles. The predicted molar refractivity (Wildman–Crippen MR) is 78.8 cm³/mol. The van der Waals surface area contributed by atoms with Gasteiger partial charge in [0.25, 0.3) is 0 Å². The number of halogens is 2. The third-order valence-electron chi connectivity index (χ3n) is 2.32. The zero-order valence-electron chi connectivity index (χ0n) is 9.06. The summed E-state index contributed by atoms with van der Waals surface area (Å²) in [5, 5.41) is 1.98.